The van der Waals surface area contributed by atoms with E-state index in [2.05, 4.69) is 31.2 Å². The predicted octanol–water partition coefficient (Wildman–Crippen LogP) is 4.12. The highest BCUT2D eigenvalue weighted by Crippen LogP contribution is 2.34. The van der Waals surface area contributed by atoms with Crippen LogP contribution < -0.4 is 26.0 Å². The molecule has 3 unspecified atom stereocenters. The van der Waals surface area contributed by atoms with Crippen LogP contribution in [0.5, 0.6) is 5.75 Å². The number of hydrogen-bond donors (Lipinski definition) is 4. The number of carbonyl (C=O) groups excluding carboxylic acids is 3. The minimum atomic E-state index is -0.778. The van der Waals surface area contributed by atoms with Gasteiger partial charge in [-0.15, -0.1) is 12.4 Å². The molecule has 1 saturated heterocycles. The van der Waals surface area contributed by atoms with Crippen LogP contribution in [0.15, 0.2) is 18.5 Å². The lowest BCUT2D eigenvalue weighted by Crippen LogP contribution is -2.59. The average Bonchev–Trinajstić information content (AvgIpc) is 3.48. The van der Waals surface area contributed by atoms with Crippen LogP contribution in [0.3, 0.4) is 0 Å². The topological polar surface area (TPSA) is 138 Å². The zero-order valence-electron chi connectivity index (χ0n) is 26.3. The monoisotopic (exact) mass is 617 g/mol. The van der Waals surface area contributed by atoms with Gasteiger partial charge in [-0.2, -0.15) is 0 Å². The van der Waals surface area contributed by atoms with Gasteiger partial charge in [0.15, 0.2) is 0 Å². The van der Waals surface area contributed by atoms with Crippen molar-refractivity contribution in [3.05, 3.63) is 18.5 Å². The number of aromatic nitrogens is 2. The van der Waals surface area contributed by atoms with Crippen molar-refractivity contribution in [3.8, 4) is 5.75 Å². The zero-order valence-corrected chi connectivity index (χ0v) is 27.1. The van der Waals surface area contributed by atoms with E-state index in [9.17, 15) is 14.4 Å². The first-order valence-electron chi connectivity index (χ1n) is 15.2. The van der Waals surface area contributed by atoms with Crippen molar-refractivity contribution >= 4 is 52.5 Å². The molecule has 12 heteroatoms. The van der Waals surface area contributed by atoms with Crippen LogP contribution in [-0.2, 0) is 14.4 Å². The van der Waals surface area contributed by atoms with E-state index < -0.39 is 23.5 Å². The van der Waals surface area contributed by atoms with Gasteiger partial charge in [-0.1, -0.05) is 40.0 Å². The number of benzene rings is 1. The van der Waals surface area contributed by atoms with Gasteiger partial charge in [-0.3, -0.25) is 14.4 Å². The van der Waals surface area contributed by atoms with Crippen LogP contribution in [0.25, 0.3) is 10.9 Å². The van der Waals surface area contributed by atoms with Gasteiger partial charge >= 0.3 is 0 Å². The summed E-state index contributed by atoms with van der Waals surface area (Å²) in [7, 11) is 3.25. The van der Waals surface area contributed by atoms with E-state index in [-0.39, 0.29) is 30.1 Å². The lowest BCUT2D eigenvalue weighted by Gasteiger charge is -2.36. The van der Waals surface area contributed by atoms with Gasteiger partial charge in [-0.25, -0.2) is 9.97 Å². The molecule has 2 fully saturated rings. The van der Waals surface area contributed by atoms with Gasteiger partial charge in [0, 0.05) is 24.5 Å². The molecular weight excluding hydrogens is 570 g/mol. The van der Waals surface area contributed by atoms with E-state index >= 15 is 0 Å². The molecular formula is C31H48ClN7O4. The summed E-state index contributed by atoms with van der Waals surface area (Å²) in [6, 6.07) is 1.74. The smallest absolute Gasteiger partial charge is 0.247 e. The fourth-order valence-electron chi connectivity index (χ4n) is 5.86. The number of ether oxygens (including phenoxy) is 1. The maximum Gasteiger partial charge on any atom is 0.247 e. The molecule has 11 nitrogen and oxygen atoms in total. The Morgan fingerprint density at radius 3 is 2.44 bits per heavy atom. The van der Waals surface area contributed by atoms with E-state index in [0.717, 1.165) is 17.7 Å². The maximum atomic E-state index is 13.8. The van der Waals surface area contributed by atoms with Crippen molar-refractivity contribution < 1.29 is 19.1 Å². The molecule has 238 valence electrons. The number of nitrogens with zero attached hydrogens (tertiary/aromatic N) is 3. The molecule has 2 aliphatic rings. The number of halogens is 1. The number of rotatable bonds is 10. The van der Waals surface area contributed by atoms with Crippen molar-refractivity contribution in [1.29, 1.82) is 0 Å². The molecule has 1 aliphatic heterocycles. The maximum absolute atomic E-state index is 13.8. The highest BCUT2D eigenvalue weighted by atomic mass is 35.5. The molecule has 1 aliphatic carbocycles. The lowest BCUT2D eigenvalue weighted by atomic mass is 9.85. The first-order chi connectivity index (χ1) is 20.0. The summed E-state index contributed by atoms with van der Waals surface area (Å²) in [5, 5.41) is 13.1. The number of carbonyl (C=O) groups is 3. The Balaban J connectivity index is 0.00000506. The van der Waals surface area contributed by atoms with Crippen molar-refractivity contribution in [1.82, 2.24) is 25.5 Å². The van der Waals surface area contributed by atoms with Gasteiger partial charge < -0.3 is 30.9 Å². The number of anilines is 2. The third kappa shape index (κ3) is 8.26. The van der Waals surface area contributed by atoms with Crippen LogP contribution >= 0.6 is 12.4 Å². The number of hydrogen-bond acceptors (Lipinski definition) is 8. The van der Waals surface area contributed by atoms with Crippen molar-refractivity contribution in [2.45, 2.75) is 90.8 Å². The second-order valence-electron chi connectivity index (χ2n) is 12.7. The second kappa shape index (κ2) is 15.0. The number of likely N-dealkylation sites (tertiary alicyclic amines) is 1. The highest BCUT2D eigenvalue weighted by Gasteiger charge is 2.42. The quantitative estimate of drug-likeness (QED) is 0.312. The summed E-state index contributed by atoms with van der Waals surface area (Å²) >= 11 is 0. The molecule has 0 radical (unpaired) electrons. The standard InChI is InChI=1S/C31H47N7O4.ClH/c1-19(32-5)28(39)37-26(31(2,3)4)30(41)38-14-10-13-24(38)29(40)36-23-15-21-22(16-25(23)42-6)34-18-35-27(21)33-17-20-11-8-7-9-12-20;/h15-16,18-20,24,26,32H,7-14,17H2,1-6H3,(H,36,40)(H,37,39)(H,33,34,35);1H. The number of methoxy groups -OCH3 is 1. The van der Waals surface area contributed by atoms with Crippen LogP contribution in [0.1, 0.15) is 72.6 Å². The molecule has 2 aromatic rings. The van der Waals surface area contributed by atoms with Crippen LogP contribution in [0.2, 0.25) is 0 Å². The van der Waals surface area contributed by atoms with E-state index in [4.69, 9.17) is 4.74 Å². The summed E-state index contributed by atoms with van der Waals surface area (Å²) < 4.78 is 5.62. The third-order valence-corrected chi connectivity index (χ3v) is 8.56. The van der Waals surface area contributed by atoms with Gasteiger partial charge in [0.05, 0.1) is 24.4 Å². The van der Waals surface area contributed by atoms with Crippen molar-refractivity contribution in [2.75, 3.05) is 37.9 Å². The van der Waals surface area contributed by atoms with E-state index in [0.29, 0.717) is 42.3 Å². The predicted molar refractivity (Wildman–Crippen MR) is 172 cm³/mol. The Morgan fingerprint density at radius 2 is 1.79 bits per heavy atom. The summed E-state index contributed by atoms with van der Waals surface area (Å²) in [6.07, 6.45) is 9.04. The van der Waals surface area contributed by atoms with Gasteiger partial charge in [0.1, 0.15) is 30.0 Å². The molecule has 1 saturated carbocycles. The van der Waals surface area contributed by atoms with E-state index in [1.807, 2.05) is 26.8 Å². The Kier molecular flexibility index (Phi) is 12.0. The molecule has 2 heterocycles. The minimum Gasteiger partial charge on any atom is -0.494 e. The number of nitrogens with one attached hydrogen (secondary N) is 4. The normalized spacial score (nSPS) is 18.8. The molecule has 3 amide bonds. The Bertz CT molecular complexity index is 1280. The zero-order chi connectivity index (χ0) is 30.4. The molecule has 1 aromatic carbocycles. The molecule has 1 aromatic heterocycles. The largest absolute Gasteiger partial charge is 0.494 e. The Labute approximate surface area is 261 Å². The van der Waals surface area contributed by atoms with Gasteiger partial charge in [0.25, 0.3) is 0 Å². The summed E-state index contributed by atoms with van der Waals surface area (Å²) in [4.78, 5) is 50.7. The molecule has 43 heavy (non-hydrogen) atoms. The number of amides is 3. The first kappa shape index (κ1) is 34.3. The number of likely N-dealkylation sites (N-methyl/N-ethyl adjacent to an activating group) is 1. The second-order valence-corrected chi connectivity index (χ2v) is 12.7. The molecule has 0 bridgehead atoms. The summed E-state index contributed by atoms with van der Waals surface area (Å²) in [6.45, 7) is 8.76. The Hall–Kier alpha value is -3.18. The van der Waals surface area contributed by atoms with Crippen molar-refractivity contribution in [3.63, 3.8) is 0 Å². The lowest BCUT2D eigenvalue weighted by molar-refractivity contribution is -0.143. The highest BCUT2D eigenvalue weighted by molar-refractivity contribution is 6.02. The van der Waals surface area contributed by atoms with Crippen molar-refractivity contribution in [2.24, 2.45) is 11.3 Å². The fraction of sp³-hybridized carbons (Fsp3) is 0.645. The van der Waals surface area contributed by atoms with Crippen LogP contribution in [-0.4, -0.2) is 78.0 Å². The van der Waals surface area contributed by atoms with E-state index in [1.165, 1.54) is 38.4 Å². The van der Waals surface area contributed by atoms with Gasteiger partial charge in [-0.05, 0) is 57.1 Å². The first-order valence-corrected chi connectivity index (χ1v) is 15.2. The molecule has 4 rings (SSSR count). The summed E-state index contributed by atoms with van der Waals surface area (Å²) in [5.74, 6) is 1.00. The molecule has 3 atom stereocenters. The molecule has 4 N–H and O–H groups in total. The third-order valence-electron chi connectivity index (χ3n) is 8.56. The molecule has 0 spiro atoms. The summed E-state index contributed by atoms with van der Waals surface area (Å²) in [5.41, 5.74) is 0.656. The SMILES string of the molecule is CNC(C)C(=O)NC(C(=O)N1CCCC1C(=O)Nc1cc2c(NCC3CCCCC3)ncnc2cc1OC)C(C)(C)C.Cl. The number of fused-ring (bicyclic) bond motifs is 1. The Morgan fingerprint density at radius 1 is 1.07 bits per heavy atom. The average molecular weight is 618 g/mol. The van der Waals surface area contributed by atoms with Crippen LogP contribution in [0, 0.1) is 11.3 Å². The van der Waals surface area contributed by atoms with Gasteiger partial charge in [0.2, 0.25) is 17.7 Å². The fourth-order valence-corrected chi connectivity index (χ4v) is 5.86. The van der Waals surface area contributed by atoms with E-state index in [1.54, 1.807) is 32.0 Å². The minimum absolute atomic E-state index is 0. The van der Waals surface area contributed by atoms with Crippen LogP contribution in [0.4, 0.5) is 11.5 Å².